The molecule has 4 heteroatoms. The van der Waals surface area contributed by atoms with Crippen molar-refractivity contribution >= 4 is 44.2 Å². The van der Waals surface area contributed by atoms with Gasteiger partial charge in [0.25, 0.3) is 0 Å². The first-order valence-corrected chi connectivity index (χ1v) is 7.37. The molecule has 0 unspecified atom stereocenters. The average molecular weight is 420 g/mol. The third-order valence-electron chi connectivity index (χ3n) is 2.67. The molecule has 0 atom stereocenters. The van der Waals surface area contributed by atoms with Gasteiger partial charge < -0.3 is 5.32 Å². The van der Waals surface area contributed by atoms with Gasteiger partial charge in [-0.05, 0) is 71.0 Å². The Morgan fingerprint density at radius 3 is 2.67 bits per heavy atom. The van der Waals surface area contributed by atoms with Gasteiger partial charge in [0, 0.05) is 20.3 Å². The lowest BCUT2D eigenvalue weighted by Gasteiger charge is -2.11. The molecule has 0 aromatic heterocycles. The van der Waals surface area contributed by atoms with Crippen LogP contribution < -0.4 is 5.32 Å². The maximum absolute atomic E-state index is 13.0. The molecule has 2 rings (SSSR count). The van der Waals surface area contributed by atoms with Crippen molar-refractivity contribution in [3.63, 3.8) is 0 Å². The molecule has 18 heavy (non-hydrogen) atoms. The highest BCUT2D eigenvalue weighted by Crippen LogP contribution is 2.22. The smallest absolute Gasteiger partial charge is 0.124 e. The molecule has 2 aromatic carbocycles. The summed E-state index contributed by atoms with van der Waals surface area (Å²) in [6, 6.07) is 11.0. The number of hydrogen-bond donors (Lipinski definition) is 1. The number of aryl methyl sites for hydroxylation is 1. The van der Waals surface area contributed by atoms with E-state index in [4.69, 9.17) is 0 Å². The number of nitrogens with one attached hydrogen (secondary N) is 1. The first kappa shape index (κ1) is 13.8. The lowest BCUT2D eigenvalue weighted by atomic mass is 10.2. The highest BCUT2D eigenvalue weighted by Gasteiger charge is 2.03. The summed E-state index contributed by atoms with van der Waals surface area (Å²) in [5.41, 5.74) is 3.35. The maximum atomic E-state index is 13.0. The van der Waals surface area contributed by atoms with Crippen LogP contribution in [0.3, 0.4) is 0 Å². The van der Waals surface area contributed by atoms with Crippen LogP contribution in [0.25, 0.3) is 0 Å². The van der Waals surface area contributed by atoms with Crippen LogP contribution in [-0.4, -0.2) is 0 Å². The first-order chi connectivity index (χ1) is 8.56. The summed E-state index contributed by atoms with van der Waals surface area (Å²) in [7, 11) is 0. The fraction of sp³-hybridized carbons (Fsp3) is 0.143. The summed E-state index contributed by atoms with van der Waals surface area (Å²) in [6.45, 7) is 2.74. The van der Waals surface area contributed by atoms with E-state index in [0.29, 0.717) is 6.54 Å². The van der Waals surface area contributed by atoms with E-state index in [2.05, 4.69) is 69.0 Å². The molecule has 0 heterocycles. The summed E-state index contributed by atoms with van der Waals surface area (Å²) in [5, 5.41) is 3.36. The molecule has 0 aliphatic heterocycles. The van der Waals surface area contributed by atoms with Gasteiger partial charge in [-0.1, -0.05) is 22.0 Å². The van der Waals surface area contributed by atoms with Gasteiger partial charge in [0.2, 0.25) is 0 Å². The van der Waals surface area contributed by atoms with Crippen LogP contribution in [0.1, 0.15) is 11.1 Å². The second kappa shape index (κ2) is 6.02. The number of hydrogen-bond acceptors (Lipinski definition) is 1. The minimum Gasteiger partial charge on any atom is -0.381 e. The van der Waals surface area contributed by atoms with Crippen LogP contribution in [0.4, 0.5) is 10.1 Å². The van der Waals surface area contributed by atoms with Crippen LogP contribution in [0.5, 0.6) is 0 Å². The van der Waals surface area contributed by atoms with Crippen molar-refractivity contribution in [2.75, 3.05) is 5.32 Å². The van der Waals surface area contributed by atoms with E-state index in [9.17, 15) is 4.39 Å². The van der Waals surface area contributed by atoms with Crippen LogP contribution in [-0.2, 0) is 6.54 Å². The minimum atomic E-state index is -0.226. The molecule has 0 aliphatic rings. The summed E-state index contributed by atoms with van der Waals surface area (Å²) < 4.78 is 15.0. The molecule has 1 N–H and O–H groups in total. The number of halogens is 3. The van der Waals surface area contributed by atoms with Gasteiger partial charge in [-0.2, -0.15) is 0 Å². The van der Waals surface area contributed by atoms with Crippen molar-refractivity contribution in [1.82, 2.24) is 0 Å². The van der Waals surface area contributed by atoms with Gasteiger partial charge in [0.05, 0.1) is 0 Å². The predicted octanol–water partition coefficient (Wildman–Crippen LogP) is 5.11. The molecule has 0 bridgehead atoms. The topological polar surface area (TPSA) is 12.0 Å². The van der Waals surface area contributed by atoms with Crippen molar-refractivity contribution in [2.45, 2.75) is 13.5 Å². The van der Waals surface area contributed by atoms with Crippen molar-refractivity contribution in [2.24, 2.45) is 0 Å². The van der Waals surface area contributed by atoms with Crippen molar-refractivity contribution < 1.29 is 4.39 Å². The summed E-state index contributed by atoms with van der Waals surface area (Å²) >= 11 is 5.66. The zero-order chi connectivity index (χ0) is 13.1. The number of rotatable bonds is 3. The van der Waals surface area contributed by atoms with Crippen molar-refractivity contribution in [1.29, 1.82) is 0 Å². The van der Waals surface area contributed by atoms with Gasteiger partial charge >= 0.3 is 0 Å². The summed E-state index contributed by atoms with van der Waals surface area (Å²) in [6.07, 6.45) is 0. The molecule has 0 saturated carbocycles. The third-order valence-corrected chi connectivity index (χ3v) is 4.08. The SMILES string of the molecule is Cc1cc(I)ccc1NCc1ccc(F)cc1Br. The molecule has 0 amide bonds. The second-order valence-electron chi connectivity index (χ2n) is 4.05. The van der Waals surface area contributed by atoms with E-state index < -0.39 is 0 Å². The zero-order valence-corrected chi connectivity index (χ0v) is 13.5. The van der Waals surface area contributed by atoms with E-state index in [1.165, 1.54) is 21.3 Å². The minimum absolute atomic E-state index is 0.226. The number of benzene rings is 2. The van der Waals surface area contributed by atoms with Gasteiger partial charge in [-0.15, -0.1) is 0 Å². The Morgan fingerprint density at radius 1 is 1.22 bits per heavy atom. The molecule has 0 saturated heterocycles. The van der Waals surface area contributed by atoms with Crippen molar-refractivity contribution in [3.05, 3.63) is 61.4 Å². The fourth-order valence-electron chi connectivity index (χ4n) is 1.68. The normalized spacial score (nSPS) is 10.4. The van der Waals surface area contributed by atoms with Crippen LogP contribution in [0.2, 0.25) is 0 Å². The Kier molecular flexibility index (Phi) is 4.61. The number of anilines is 1. The van der Waals surface area contributed by atoms with E-state index in [-0.39, 0.29) is 5.82 Å². The Balaban J connectivity index is 2.11. The molecule has 0 radical (unpaired) electrons. The summed E-state index contributed by atoms with van der Waals surface area (Å²) in [4.78, 5) is 0. The van der Waals surface area contributed by atoms with E-state index in [1.54, 1.807) is 6.07 Å². The highest BCUT2D eigenvalue weighted by molar-refractivity contribution is 14.1. The predicted molar refractivity (Wildman–Crippen MR) is 85.3 cm³/mol. The molecule has 0 spiro atoms. The quantitative estimate of drug-likeness (QED) is 0.681. The Bertz CT molecular complexity index is 520. The Labute approximate surface area is 128 Å². The van der Waals surface area contributed by atoms with E-state index in [1.807, 2.05) is 0 Å². The molecule has 94 valence electrons. The first-order valence-electron chi connectivity index (χ1n) is 5.50. The summed E-state index contributed by atoms with van der Waals surface area (Å²) in [5.74, 6) is -0.226. The molecular formula is C14H12BrFIN. The van der Waals surface area contributed by atoms with Crippen LogP contribution in [0.15, 0.2) is 40.9 Å². The lowest BCUT2D eigenvalue weighted by molar-refractivity contribution is 0.626. The Hall–Kier alpha value is -0.620. The van der Waals surface area contributed by atoms with Gasteiger partial charge in [0.1, 0.15) is 5.82 Å². The van der Waals surface area contributed by atoms with Crippen LogP contribution >= 0.6 is 38.5 Å². The monoisotopic (exact) mass is 419 g/mol. The lowest BCUT2D eigenvalue weighted by Crippen LogP contribution is -2.02. The van der Waals surface area contributed by atoms with Gasteiger partial charge in [0.15, 0.2) is 0 Å². The van der Waals surface area contributed by atoms with Crippen molar-refractivity contribution in [3.8, 4) is 0 Å². The van der Waals surface area contributed by atoms with Crippen LogP contribution in [0, 0.1) is 16.3 Å². The highest BCUT2D eigenvalue weighted by atomic mass is 127. The van der Waals surface area contributed by atoms with Gasteiger partial charge in [-0.3, -0.25) is 0 Å². The average Bonchev–Trinajstić information content (AvgIpc) is 2.30. The third kappa shape index (κ3) is 3.45. The molecule has 1 nitrogen and oxygen atoms in total. The molecule has 0 fully saturated rings. The second-order valence-corrected chi connectivity index (χ2v) is 6.15. The van der Waals surface area contributed by atoms with Gasteiger partial charge in [-0.25, -0.2) is 4.39 Å². The largest absolute Gasteiger partial charge is 0.381 e. The standard InChI is InChI=1S/C14H12BrFIN/c1-9-6-12(17)4-5-14(9)18-8-10-2-3-11(16)7-13(10)15/h2-7,18H,8H2,1H3. The van der Waals surface area contributed by atoms with E-state index >= 15 is 0 Å². The molecule has 0 aliphatic carbocycles. The van der Waals surface area contributed by atoms with E-state index in [0.717, 1.165) is 15.7 Å². The fourth-order valence-corrected chi connectivity index (χ4v) is 2.82. The molecular weight excluding hydrogens is 408 g/mol. The Morgan fingerprint density at radius 2 is 2.00 bits per heavy atom. The maximum Gasteiger partial charge on any atom is 0.124 e. The molecule has 2 aromatic rings. The zero-order valence-electron chi connectivity index (χ0n) is 9.81.